The van der Waals surface area contributed by atoms with Crippen LogP contribution in [-0.4, -0.2) is 25.8 Å². The molecule has 2 heterocycles. The first-order valence-corrected chi connectivity index (χ1v) is 12.5. The van der Waals surface area contributed by atoms with E-state index in [1.807, 2.05) is 13.0 Å². The topological polar surface area (TPSA) is 86.9 Å². The van der Waals surface area contributed by atoms with Gasteiger partial charge in [0.25, 0.3) is 5.91 Å². The molecule has 0 aliphatic heterocycles. The number of thiol groups is 1. The van der Waals surface area contributed by atoms with E-state index in [-0.39, 0.29) is 15.6 Å². The number of H-pyrrole nitrogens is 1. The van der Waals surface area contributed by atoms with Crippen LogP contribution in [0.4, 0.5) is 11.4 Å². The summed E-state index contributed by atoms with van der Waals surface area (Å²) in [6.45, 7) is 1.94. The van der Waals surface area contributed by atoms with Crippen LogP contribution in [0.1, 0.15) is 23.7 Å². The van der Waals surface area contributed by atoms with Crippen LogP contribution < -0.4 is 10.0 Å². The van der Waals surface area contributed by atoms with Crippen molar-refractivity contribution in [2.75, 3.05) is 15.8 Å². The molecule has 27 heavy (non-hydrogen) atoms. The van der Waals surface area contributed by atoms with Gasteiger partial charge in [0, 0.05) is 17.3 Å². The molecule has 0 spiro atoms. The second-order valence-corrected chi connectivity index (χ2v) is 11.6. The summed E-state index contributed by atoms with van der Waals surface area (Å²) < 4.78 is 15.5. The minimum Gasteiger partial charge on any atom is -0.346 e. The molecule has 10 heteroatoms. The summed E-state index contributed by atoms with van der Waals surface area (Å²) in [6.07, 6.45) is 4.06. The zero-order valence-corrected chi connectivity index (χ0v) is 18.0. The van der Waals surface area contributed by atoms with E-state index in [0.29, 0.717) is 17.1 Å². The number of amides is 1. The molecule has 0 aliphatic carbocycles. The molecule has 6 nitrogen and oxygen atoms in total. The highest BCUT2D eigenvalue weighted by molar-refractivity contribution is 8.46. The smallest absolute Gasteiger partial charge is 0.258 e. The van der Waals surface area contributed by atoms with E-state index in [1.54, 1.807) is 30.6 Å². The largest absolute Gasteiger partial charge is 0.346 e. The van der Waals surface area contributed by atoms with Crippen LogP contribution in [0.3, 0.4) is 0 Å². The highest BCUT2D eigenvalue weighted by atomic mass is 35.5. The van der Waals surface area contributed by atoms with Gasteiger partial charge in [-0.05, 0) is 48.9 Å². The van der Waals surface area contributed by atoms with Crippen molar-refractivity contribution in [2.45, 2.75) is 13.3 Å². The Hall–Kier alpha value is -1.66. The van der Waals surface area contributed by atoms with Gasteiger partial charge in [0.15, 0.2) is 0 Å². The highest BCUT2D eigenvalue weighted by Crippen LogP contribution is 2.35. The molecule has 0 bridgehead atoms. The fourth-order valence-electron chi connectivity index (χ4n) is 2.64. The number of nitrogens with one attached hydrogen (secondary N) is 3. The Morgan fingerprint density at radius 2 is 2.11 bits per heavy atom. The Bertz CT molecular complexity index is 1060. The molecule has 3 aromatic rings. The van der Waals surface area contributed by atoms with Crippen molar-refractivity contribution in [1.82, 2.24) is 9.97 Å². The lowest BCUT2D eigenvalue weighted by Gasteiger charge is -2.22. The van der Waals surface area contributed by atoms with Crippen LogP contribution in [0.25, 0.3) is 11.0 Å². The Balaban J connectivity index is 1.89. The fraction of sp³-hybridized carbons (Fsp3) is 0.176. The van der Waals surface area contributed by atoms with Crippen LogP contribution in [-0.2, 0) is 9.74 Å². The second-order valence-electron chi connectivity index (χ2n) is 6.01. The van der Waals surface area contributed by atoms with Gasteiger partial charge in [-0.15, -0.1) is 0 Å². The molecule has 0 fully saturated rings. The highest BCUT2D eigenvalue weighted by Gasteiger charge is 2.20. The monoisotopic (exact) mass is 444 g/mol. The van der Waals surface area contributed by atoms with Gasteiger partial charge in [0.2, 0.25) is 0 Å². The first kappa shape index (κ1) is 20.1. The van der Waals surface area contributed by atoms with E-state index < -0.39 is 15.6 Å². The van der Waals surface area contributed by atoms with E-state index >= 15 is 0 Å². The normalized spacial score (nSPS) is 12.1. The van der Waals surface area contributed by atoms with Gasteiger partial charge in [-0.2, -0.15) is 0 Å². The summed E-state index contributed by atoms with van der Waals surface area (Å²) in [5, 5.41) is 3.94. The summed E-state index contributed by atoms with van der Waals surface area (Å²) >= 11 is 12.6. The maximum absolute atomic E-state index is 12.8. The molecule has 1 unspecified atom stereocenters. The molecule has 0 radical (unpaired) electrons. The summed E-state index contributed by atoms with van der Waals surface area (Å²) in [7, 11) is -0.356. The van der Waals surface area contributed by atoms with Crippen molar-refractivity contribution in [2.24, 2.45) is 0 Å². The number of aromatic nitrogens is 2. The number of benzene rings is 1. The predicted octanol–water partition coefficient (Wildman–Crippen LogP) is 4.67. The van der Waals surface area contributed by atoms with Gasteiger partial charge in [-0.1, -0.05) is 30.1 Å². The number of pyridine rings is 1. The van der Waals surface area contributed by atoms with Crippen molar-refractivity contribution in [1.29, 1.82) is 0 Å². The Kier molecular flexibility index (Phi) is 6.06. The average molecular weight is 445 g/mol. The second kappa shape index (κ2) is 8.15. The minimum atomic E-state index is -2.70. The number of anilines is 2. The van der Waals surface area contributed by atoms with Gasteiger partial charge in [-0.3, -0.25) is 9.00 Å². The summed E-state index contributed by atoms with van der Waals surface area (Å²) in [5.74, 6) is 0.0138. The number of rotatable bonds is 6. The van der Waals surface area contributed by atoms with Crippen molar-refractivity contribution >= 4 is 69.7 Å². The SMILES string of the molecule is CCC[SH](=O)(P)Nc1ccc(Cl)c(C(=O)Nc2cnc3[nH]ccc3c2)c1Cl. The number of nitrogens with zero attached hydrogens (tertiary/aromatic N) is 1. The molecule has 3 N–H and O–H groups in total. The third kappa shape index (κ3) is 4.61. The van der Waals surface area contributed by atoms with Crippen LogP contribution >= 0.6 is 31.6 Å². The lowest BCUT2D eigenvalue weighted by molar-refractivity contribution is 0.102. The Labute approximate surface area is 169 Å². The summed E-state index contributed by atoms with van der Waals surface area (Å²) in [4.78, 5) is 20.0. The third-order valence-corrected chi connectivity index (χ3v) is 7.44. The maximum atomic E-state index is 12.8. The van der Waals surface area contributed by atoms with Crippen LogP contribution in [0.5, 0.6) is 0 Å². The van der Waals surface area contributed by atoms with Crippen molar-refractivity contribution in [3.8, 4) is 0 Å². The van der Waals surface area contributed by atoms with Gasteiger partial charge >= 0.3 is 0 Å². The van der Waals surface area contributed by atoms with Crippen molar-refractivity contribution in [3.63, 3.8) is 0 Å². The third-order valence-electron chi connectivity index (χ3n) is 3.84. The number of carbonyl (C=O) groups excluding carboxylic acids is 1. The first-order chi connectivity index (χ1) is 12.8. The lowest BCUT2D eigenvalue weighted by Crippen LogP contribution is -2.19. The molecular weight excluding hydrogens is 426 g/mol. The molecule has 2 aromatic heterocycles. The molecule has 1 amide bonds. The number of halogens is 2. The number of hydrogen-bond acceptors (Lipinski definition) is 3. The number of fused-ring (bicyclic) bond motifs is 1. The van der Waals surface area contributed by atoms with E-state index in [1.165, 1.54) is 0 Å². The molecule has 1 atom stereocenters. The maximum Gasteiger partial charge on any atom is 0.258 e. The zero-order valence-electron chi connectivity index (χ0n) is 14.4. The van der Waals surface area contributed by atoms with Crippen molar-refractivity contribution in [3.05, 3.63) is 52.3 Å². The fourth-order valence-corrected chi connectivity index (χ4v) is 5.86. The molecule has 1 aromatic carbocycles. The zero-order chi connectivity index (χ0) is 19.6. The standard InChI is InChI=1S/C17H19Cl2N4O2PS/c1-2-7-27(25,26)23-13-4-3-12(18)14(15(13)19)17(24)22-11-8-10-5-6-20-16(10)21-9-11/h3-6,8-9,27H,2,7,26H2,1H3,(H,20,21)(H,22,24)(H,23,25). The van der Waals surface area contributed by atoms with Gasteiger partial charge in [0.1, 0.15) is 5.65 Å². The van der Waals surface area contributed by atoms with Crippen molar-refractivity contribution < 1.29 is 9.00 Å². The number of carbonyl (C=O) groups is 1. The number of hydrogen-bond donors (Lipinski definition) is 4. The molecule has 144 valence electrons. The average Bonchev–Trinajstić information content (AvgIpc) is 3.05. The molecule has 3 rings (SSSR count). The minimum absolute atomic E-state index is 0.110. The molecule has 0 saturated heterocycles. The molecule has 0 saturated carbocycles. The van der Waals surface area contributed by atoms with Crippen LogP contribution in [0.2, 0.25) is 10.0 Å². The Morgan fingerprint density at radius 1 is 1.33 bits per heavy atom. The van der Waals surface area contributed by atoms with Gasteiger partial charge < -0.3 is 15.0 Å². The summed E-state index contributed by atoms with van der Waals surface area (Å²) in [5.41, 5.74) is 1.75. The predicted molar refractivity (Wildman–Crippen MR) is 119 cm³/mol. The Morgan fingerprint density at radius 3 is 2.85 bits per heavy atom. The first-order valence-electron chi connectivity index (χ1n) is 8.19. The van der Waals surface area contributed by atoms with E-state index in [2.05, 4.69) is 28.4 Å². The lowest BCUT2D eigenvalue weighted by atomic mass is 10.1. The quantitative estimate of drug-likeness (QED) is 0.329. The van der Waals surface area contributed by atoms with Gasteiger partial charge in [0.05, 0.1) is 33.2 Å². The summed E-state index contributed by atoms with van der Waals surface area (Å²) in [6, 6.07) is 6.81. The van der Waals surface area contributed by atoms with Gasteiger partial charge in [-0.25, -0.2) is 4.98 Å². The number of aromatic amines is 1. The molecule has 0 aliphatic rings. The van der Waals surface area contributed by atoms with E-state index in [4.69, 9.17) is 23.2 Å². The van der Waals surface area contributed by atoms with E-state index in [0.717, 1.165) is 17.5 Å². The van der Waals surface area contributed by atoms with Crippen LogP contribution in [0, 0.1) is 0 Å². The van der Waals surface area contributed by atoms with E-state index in [9.17, 15) is 9.00 Å². The molecular formula is C17H19Cl2N4O2PS. The van der Waals surface area contributed by atoms with Crippen LogP contribution in [0.15, 0.2) is 36.7 Å².